The molecule has 0 aliphatic carbocycles. The maximum atomic E-state index is 10.7. The van der Waals surface area contributed by atoms with Crippen LogP contribution in [0.5, 0.6) is 0 Å². The van der Waals surface area contributed by atoms with E-state index in [1.54, 1.807) is 0 Å². The first-order valence-corrected chi connectivity index (χ1v) is 11.2. The van der Waals surface area contributed by atoms with Gasteiger partial charge in [0.1, 0.15) is 23.2 Å². The number of halogens is 1. The zero-order chi connectivity index (χ0) is 18.6. The van der Waals surface area contributed by atoms with Crippen LogP contribution in [0.3, 0.4) is 0 Å². The van der Waals surface area contributed by atoms with Crippen LogP contribution in [-0.4, -0.2) is 16.9 Å². The molecule has 0 spiro atoms. The van der Waals surface area contributed by atoms with Gasteiger partial charge in [0.2, 0.25) is 0 Å². The molecule has 3 rings (SSSR count). The van der Waals surface area contributed by atoms with E-state index in [0.29, 0.717) is 0 Å². The molecule has 1 atom stereocenters. The van der Waals surface area contributed by atoms with Gasteiger partial charge in [-0.3, -0.25) is 0 Å². The molecule has 1 N–H and O–H groups in total. The molecule has 3 heteroatoms. The van der Waals surface area contributed by atoms with Crippen molar-refractivity contribution >= 4 is 23.2 Å². The summed E-state index contributed by atoms with van der Waals surface area (Å²) in [6.07, 6.45) is 0.939. The fourth-order valence-electron chi connectivity index (χ4n) is 3.45. The summed E-state index contributed by atoms with van der Waals surface area (Å²) in [5.74, 6) is 0.163. The first kappa shape index (κ1) is 21.3. The molecule has 0 aliphatic heterocycles. The summed E-state index contributed by atoms with van der Waals surface area (Å²) in [5.41, 5.74) is -0.719. The second-order valence-corrected chi connectivity index (χ2v) is 11.1. The highest BCUT2D eigenvalue weighted by Crippen LogP contribution is 2.57. The SMILES string of the molecule is C[C@H](C[P+](c1ccccc1)(c1ccccc1)c1ccccc1)C(C)(C)O.[F-]. The van der Waals surface area contributed by atoms with Gasteiger partial charge in [0.05, 0.1) is 11.8 Å². The minimum Gasteiger partial charge on any atom is -1.00 e. The number of hydrogen-bond donors (Lipinski definition) is 1. The van der Waals surface area contributed by atoms with Gasteiger partial charge < -0.3 is 9.81 Å². The van der Waals surface area contributed by atoms with Gasteiger partial charge in [-0.05, 0) is 50.2 Å². The summed E-state index contributed by atoms with van der Waals surface area (Å²) in [7, 11) is -1.87. The quantitative estimate of drug-likeness (QED) is 0.639. The van der Waals surface area contributed by atoms with Crippen molar-refractivity contribution in [2.75, 3.05) is 6.16 Å². The second-order valence-electron chi connectivity index (χ2n) is 7.55. The highest BCUT2D eigenvalue weighted by molar-refractivity contribution is 7.95. The number of hydrogen-bond acceptors (Lipinski definition) is 1. The monoisotopic (exact) mass is 382 g/mol. The van der Waals surface area contributed by atoms with Crippen LogP contribution in [0.25, 0.3) is 0 Å². The van der Waals surface area contributed by atoms with Crippen molar-refractivity contribution in [2.24, 2.45) is 5.92 Å². The van der Waals surface area contributed by atoms with Gasteiger partial charge in [-0.15, -0.1) is 0 Å². The van der Waals surface area contributed by atoms with Crippen LogP contribution in [0.2, 0.25) is 0 Å². The standard InChI is InChI=1S/C24H28OP.FH/c1-20(24(2,3)25)19-26(21-13-7-4-8-14-21,22-15-9-5-10-16-22)23-17-11-6-12-18-23;/h4-18,20,25H,19H2,1-3H3;1H/q+1;/p-1/t20-;/m1./s1. The molecule has 0 amide bonds. The largest absolute Gasteiger partial charge is 1.00 e. The van der Waals surface area contributed by atoms with Gasteiger partial charge in [-0.2, -0.15) is 0 Å². The number of benzene rings is 3. The fourth-order valence-corrected chi connectivity index (χ4v) is 8.28. The highest BCUT2D eigenvalue weighted by Gasteiger charge is 2.48. The first-order valence-electron chi connectivity index (χ1n) is 9.22. The van der Waals surface area contributed by atoms with Crippen LogP contribution in [0.4, 0.5) is 0 Å². The summed E-state index contributed by atoms with van der Waals surface area (Å²) < 4.78 is 0. The molecule has 0 aromatic heterocycles. The lowest BCUT2D eigenvalue weighted by atomic mass is 9.95. The predicted molar refractivity (Wildman–Crippen MR) is 115 cm³/mol. The Morgan fingerprint density at radius 2 is 1.00 bits per heavy atom. The Balaban J connectivity index is 0.00000261. The Kier molecular flexibility index (Phi) is 6.92. The van der Waals surface area contributed by atoms with E-state index in [2.05, 4.69) is 97.9 Å². The third-order valence-corrected chi connectivity index (χ3v) is 9.98. The van der Waals surface area contributed by atoms with E-state index in [0.717, 1.165) is 6.16 Å². The predicted octanol–water partition coefficient (Wildman–Crippen LogP) is 1.39. The molecule has 0 unspecified atom stereocenters. The van der Waals surface area contributed by atoms with Crippen molar-refractivity contribution in [3.8, 4) is 0 Å². The van der Waals surface area contributed by atoms with E-state index < -0.39 is 12.9 Å². The first-order chi connectivity index (χ1) is 12.4. The molecule has 0 saturated heterocycles. The summed E-state index contributed by atoms with van der Waals surface area (Å²) >= 11 is 0. The molecule has 1 nitrogen and oxygen atoms in total. The Morgan fingerprint density at radius 3 is 1.26 bits per heavy atom. The summed E-state index contributed by atoms with van der Waals surface area (Å²) in [6.45, 7) is 6.02. The topological polar surface area (TPSA) is 20.2 Å². The molecular formula is C24H28FOP. The molecule has 27 heavy (non-hydrogen) atoms. The van der Waals surface area contributed by atoms with E-state index in [1.165, 1.54) is 15.9 Å². The molecular weight excluding hydrogens is 354 g/mol. The van der Waals surface area contributed by atoms with Gasteiger partial charge in [-0.25, -0.2) is 0 Å². The second kappa shape index (κ2) is 8.78. The van der Waals surface area contributed by atoms with E-state index in [-0.39, 0.29) is 10.6 Å². The van der Waals surface area contributed by atoms with Crippen LogP contribution in [0.1, 0.15) is 20.8 Å². The lowest BCUT2D eigenvalue weighted by molar-refractivity contribution is -0.0000179. The van der Waals surface area contributed by atoms with Crippen molar-refractivity contribution < 1.29 is 9.81 Å². The molecule has 0 bridgehead atoms. The van der Waals surface area contributed by atoms with Crippen molar-refractivity contribution in [1.82, 2.24) is 0 Å². The third kappa shape index (κ3) is 4.46. The Hall–Kier alpha value is -2.02. The molecule has 0 saturated carbocycles. The summed E-state index contributed by atoms with van der Waals surface area (Å²) in [5, 5.41) is 14.8. The average molecular weight is 382 g/mol. The highest BCUT2D eigenvalue weighted by atomic mass is 31.2. The van der Waals surface area contributed by atoms with Crippen LogP contribution < -0.4 is 20.6 Å². The molecule has 3 aromatic rings. The lowest BCUT2D eigenvalue weighted by Gasteiger charge is -2.34. The third-order valence-electron chi connectivity index (χ3n) is 5.34. The Morgan fingerprint density at radius 1 is 0.704 bits per heavy atom. The molecule has 3 aromatic carbocycles. The molecule has 142 valence electrons. The normalized spacial score (nSPS) is 12.9. The Bertz CT molecular complexity index is 717. The fraction of sp³-hybridized carbons (Fsp3) is 0.250. The van der Waals surface area contributed by atoms with Gasteiger partial charge in [-0.1, -0.05) is 61.5 Å². The maximum absolute atomic E-state index is 10.7. The van der Waals surface area contributed by atoms with E-state index >= 15 is 0 Å². The van der Waals surface area contributed by atoms with Crippen LogP contribution in [0.15, 0.2) is 91.0 Å². The summed E-state index contributed by atoms with van der Waals surface area (Å²) in [4.78, 5) is 0. The lowest BCUT2D eigenvalue weighted by Crippen LogP contribution is -3.00. The maximum Gasteiger partial charge on any atom is 0.112 e. The van der Waals surface area contributed by atoms with Gasteiger partial charge in [0.25, 0.3) is 0 Å². The van der Waals surface area contributed by atoms with Crippen molar-refractivity contribution in [1.29, 1.82) is 0 Å². The zero-order valence-corrected chi connectivity index (χ0v) is 17.1. The minimum absolute atomic E-state index is 0. The average Bonchev–Trinajstić information content (AvgIpc) is 2.67. The van der Waals surface area contributed by atoms with Crippen molar-refractivity contribution in [3.05, 3.63) is 91.0 Å². The minimum atomic E-state index is -1.87. The van der Waals surface area contributed by atoms with Crippen molar-refractivity contribution in [2.45, 2.75) is 26.4 Å². The van der Waals surface area contributed by atoms with Crippen LogP contribution in [-0.2, 0) is 0 Å². The Labute approximate surface area is 162 Å². The zero-order valence-electron chi connectivity index (χ0n) is 16.2. The van der Waals surface area contributed by atoms with Crippen LogP contribution in [0, 0.1) is 5.92 Å². The smallest absolute Gasteiger partial charge is 0.112 e. The number of aliphatic hydroxyl groups is 1. The number of rotatable bonds is 6. The molecule has 0 fully saturated rings. The van der Waals surface area contributed by atoms with Gasteiger partial charge >= 0.3 is 0 Å². The van der Waals surface area contributed by atoms with Gasteiger partial charge in [0, 0.05) is 5.92 Å². The van der Waals surface area contributed by atoms with Gasteiger partial charge in [0.15, 0.2) is 0 Å². The van der Waals surface area contributed by atoms with E-state index in [9.17, 15) is 5.11 Å². The van der Waals surface area contributed by atoms with E-state index in [1.807, 2.05) is 13.8 Å². The molecule has 0 aliphatic rings. The van der Waals surface area contributed by atoms with Crippen molar-refractivity contribution in [3.63, 3.8) is 0 Å². The molecule has 0 heterocycles. The summed E-state index contributed by atoms with van der Waals surface area (Å²) in [6, 6.07) is 32.5. The molecule has 0 radical (unpaired) electrons. The van der Waals surface area contributed by atoms with Crippen LogP contribution >= 0.6 is 7.26 Å². The van der Waals surface area contributed by atoms with E-state index in [4.69, 9.17) is 0 Å².